The van der Waals surface area contributed by atoms with Gasteiger partial charge in [-0.25, -0.2) is 4.98 Å². The summed E-state index contributed by atoms with van der Waals surface area (Å²) in [4.78, 5) is 46.8. The summed E-state index contributed by atoms with van der Waals surface area (Å²) in [6, 6.07) is 0. The zero-order valence-electron chi connectivity index (χ0n) is 12.9. The number of aromatic nitrogens is 2. The van der Waals surface area contributed by atoms with Crippen molar-refractivity contribution in [1.82, 2.24) is 19.8 Å². The van der Waals surface area contributed by atoms with Crippen molar-refractivity contribution in [3.63, 3.8) is 0 Å². The largest absolute Gasteiger partial charge is 0.345 e. The number of hydrogen-bond donors (Lipinski definition) is 1. The van der Waals surface area contributed by atoms with Gasteiger partial charge in [-0.05, 0) is 26.2 Å². The van der Waals surface area contributed by atoms with Gasteiger partial charge in [0.15, 0.2) is 0 Å². The Hall–Kier alpha value is -2.18. The molecule has 1 spiro atoms. The molecule has 7 heteroatoms. The molecule has 1 aromatic heterocycles. The van der Waals surface area contributed by atoms with Gasteiger partial charge in [0, 0.05) is 32.9 Å². The zero-order chi connectivity index (χ0) is 15.9. The fourth-order valence-corrected chi connectivity index (χ4v) is 3.50. The van der Waals surface area contributed by atoms with Crippen molar-refractivity contribution in [3.8, 4) is 0 Å². The lowest BCUT2D eigenvalue weighted by atomic mass is 9.78. The highest BCUT2D eigenvalue weighted by Gasteiger charge is 2.48. The van der Waals surface area contributed by atoms with Gasteiger partial charge < -0.3 is 14.8 Å². The lowest BCUT2D eigenvalue weighted by Crippen LogP contribution is -2.48. The van der Waals surface area contributed by atoms with Gasteiger partial charge in [-0.2, -0.15) is 0 Å². The first kappa shape index (κ1) is 14.7. The third-order valence-electron chi connectivity index (χ3n) is 4.75. The van der Waals surface area contributed by atoms with E-state index in [4.69, 9.17) is 0 Å². The van der Waals surface area contributed by atoms with E-state index >= 15 is 0 Å². The second-order valence-corrected chi connectivity index (χ2v) is 6.30. The topological polar surface area (TPSA) is 86.4 Å². The van der Waals surface area contributed by atoms with Crippen LogP contribution in [0.15, 0.2) is 11.0 Å². The summed E-state index contributed by atoms with van der Waals surface area (Å²) < 4.78 is 0. The number of carbonyl (C=O) groups is 2. The van der Waals surface area contributed by atoms with Gasteiger partial charge in [0.05, 0.1) is 5.41 Å². The first-order valence-corrected chi connectivity index (χ1v) is 7.54. The Morgan fingerprint density at radius 3 is 2.82 bits per heavy atom. The number of nitrogens with zero attached hydrogens (tertiary/aromatic N) is 3. The maximum Gasteiger partial charge on any atom is 0.263 e. The van der Waals surface area contributed by atoms with Crippen LogP contribution in [0.3, 0.4) is 0 Å². The summed E-state index contributed by atoms with van der Waals surface area (Å²) in [5, 5.41) is 0. The molecular formula is C15H20N4O3. The van der Waals surface area contributed by atoms with Gasteiger partial charge in [-0.3, -0.25) is 14.4 Å². The van der Waals surface area contributed by atoms with Crippen molar-refractivity contribution in [2.24, 2.45) is 5.41 Å². The standard InChI is InChI=1S/C15H20N4O3/c1-10-16-8-11(12(20)17-10)13(21)19-7-5-15(9-19)4-3-6-18(2)14(15)22/h8H,3-7,9H2,1-2H3,(H,16,17,20)/t15-/m0/s1. The van der Waals surface area contributed by atoms with Crippen molar-refractivity contribution in [2.75, 3.05) is 26.7 Å². The Bertz CT molecular complexity index is 684. The number of likely N-dealkylation sites (tertiary alicyclic amines) is 2. The van der Waals surface area contributed by atoms with Crippen molar-refractivity contribution < 1.29 is 9.59 Å². The highest BCUT2D eigenvalue weighted by atomic mass is 16.2. The van der Waals surface area contributed by atoms with Crippen LogP contribution in [0, 0.1) is 12.3 Å². The van der Waals surface area contributed by atoms with Crippen molar-refractivity contribution in [3.05, 3.63) is 27.9 Å². The molecule has 7 nitrogen and oxygen atoms in total. The summed E-state index contributed by atoms with van der Waals surface area (Å²) in [6.45, 7) is 3.33. The lowest BCUT2D eigenvalue weighted by molar-refractivity contribution is -0.143. The summed E-state index contributed by atoms with van der Waals surface area (Å²) in [5.74, 6) is 0.250. The van der Waals surface area contributed by atoms with E-state index in [0.717, 1.165) is 19.4 Å². The quantitative estimate of drug-likeness (QED) is 0.801. The van der Waals surface area contributed by atoms with E-state index in [9.17, 15) is 14.4 Å². The van der Waals surface area contributed by atoms with Gasteiger partial charge in [0.1, 0.15) is 11.4 Å². The van der Waals surface area contributed by atoms with Gasteiger partial charge in [-0.1, -0.05) is 0 Å². The first-order valence-electron chi connectivity index (χ1n) is 7.54. The molecule has 118 valence electrons. The Balaban J connectivity index is 1.81. The molecule has 0 unspecified atom stereocenters. The summed E-state index contributed by atoms with van der Waals surface area (Å²) in [5.41, 5.74) is -0.849. The van der Waals surface area contributed by atoms with Crippen LogP contribution in [-0.4, -0.2) is 58.3 Å². The molecule has 22 heavy (non-hydrogen) atoms. The maximum atomic E-state index is 12.5. The van der Waals surface area contributed by atoms with E-state index in [1.165, 1.54) is 6.20 Å². The molecule has 0 aliphatic carbocycles. The number of carbonyl (C=O) groups excluding carboxylic acids is 2. The number of amides is 2. The van der Waals surface area contributed by atoms with Gasteiger partial charge in [0.25, 0.3) is 11.5 Å². The molecule has 2 aliphatic heterocycles. The number of nitrogens with one attached hydrogen (secondary N) is 1. The Labute approximate surface area is 128 Å². The Morgan fingerprint density at radius 2 is 2.09 bits per heavy atom. The highest BCUT2D eigenvalue weighted by Crippen LogP contribution is 2.39. The fraction of sp³-hybridized carbons (Fsp3) is 0.600. The summed E-state index contributed by atoms with van der Waals surface area (Å²) in [7, 11) is 1.81. The zero-order valence-corrected chi connectivity index (χ0v) is 12.9. The third kappa shape index (κ3) is 2.30. The van der Waals surface area contributed by atoms with Crippen molar-refractivity contribution >= 4 is 11.8 Å². The average Bonchev–Trinajstić information content (AvgIpc) is 2.89. The summed E-state index contributed by atoms with van der Waals surface area (Å²) in [6.07, 6.45) is 3.74. The van der Waals surface area contributed by atoms with Gasteiger partial charge >= 0.3 is 0 Å². The number of aromatic amines is 1. The molecule has 2 saturated heterocycles. The molecule has 0 bridgehead atoms. The van der Waals surface area contributed by atoms with Crippen LogP contribution in [0.4, 0.5) is 0 Å². The van der Waals surface area contributed by atoms with Gasteiger partial charge in [-0.15, -0.1) is 0 Å². The van der Waals surface area contributed by atoms with Crippen LogP contribution in [0.2, 0.25) is 0 Å². The highest BCUT2D eigenvalue weighted by molar-refractivity contribution is 5.95. The van der Waals surface area contributed by atoms with Crippen LogP contribution in [-0.2, 0) is 4.79 Å². The smallest absolute Gasteiger partial charge is 0.263 e. The monoisotopic (exact) mass is 304 g/mol. The number of aryl methyl sites for hydroxylation is 1. The molecule has 2 amide bonds. The molecule has 2 fully saturated rings. The number of hydrogen-bond acceptors (Lipinski definition) is 4. The normalized spacial score (nSPS) is 25.1. The summed E-state index contributed by atoms with van der Waals surface area (Å²) >= 11 is 0. The Kier molecular flexibility index (Phi) is 3.50. The van der Waals surface area contributed by atoms with E-state index in [2.05, 4.69) is 9.97 Å². The molecule has 0 saturated carbocycles. The molecule has 1 N–H and O–H groups in total. The predicted molar refractivity (Wildman–Crippen MR) is 79.4 cm³/mol. The number of rotatable bonds is 1. The lowest BCUT2D eigenvalue weighted by Gasteiger charge is -2.37. The molecular weight excluding hydrogens is 284 g/mol. The van der Waals surface area contributed by atoms with Gasteiger partial charge in [0.2, 0.25) is 5.91 Å². The average molecular weight is 304 g/mol. The van der Waals surface area contributed by atoms with Crippen LogP contribution < -0.4 is 5.56 Å². The first-order chi connectivity index (χ1) is 10.4. The van der Waals surface area contributed by atoms with E-state index in [0.29, 0.717) is 25.3 Å². The predicted octanol–water partition coefficient (Wildman–Crippen LogP) is 0.163. The third-order valence-corrected chi connectivity index (χ3v) is 4.75. The van der Waals surface area contributed by atoms with Crippen LogP contribution in [0.5, 0.6) is 0 Å². The van der Waals surface area contributed by atoms with Crippen LogP contribution in [0.25, 0.3) is 0 Å². The van der Waals surface area contributed by atoms with Crippen LogP contribution >= 0.6 is 0 Å². The molecule has 0 aromatic carbocycles. The Morgan fingerprint density at radius 1 is 1.32 bits per heavy atom. The van der Waals surface area contributed by atoms with E-state index in [1.54, 1.807) is 16.7 Å². The SMILES string of the molecule is Cc1ncc(C(=O)N2CC[C@@]3(CCCN(C)C3=O)C2)c(=O)[nH]1. The number of H-pyrrole nitrogens is 1. The molecule has 3 rings (SSSR count). The second kappa shape index (κ2) is 5.23. The minimum absolute atomic E-state index is 0.0410. The van der Waals surface area contributed by atoms with E-state index in [1.807, 2.05) is 7.05 Å². The van der Waals surface area contributed by atoms with Crippen molar-refractivity contribution in [1.29, 1.82) is 0 Å². The molecule has 3 heterocycles. The molecule has 0 radical (unpaired) electrons. The second-order valence-electron chi connectivity index (χ2n) is 6.30. The van der Waals surface area contributed by atoms with E-state index < -0.39 is 11.0 Å². The van der Waals surface area contributed by atoms with Crippen molar-refractivity contribution in [2.45, 2.75) is 26.2 Å². The molecule has 1 aromatic rings. The number of piperidine rings is 1. The maximum absolute atomic E-state index is 12.5. The minimum Gasteiger partial charge on any atom is -0.345 e. The minimum atomic E-state index is -0.465. The fourth-order valence-electron chi connectivity index (χ4n) is 3.50. The molecule has 2 aliphatic rings. The van der Waals surface area contributed by atoms with E-state index in [-0.39, 0.29) is 17.4 Å². The molecule has 1 atom stereocenters. The van der Waals surface area contributed by atoms with Crippen LogP contribution in [0.1, 0.15) is 35.4 Å².